The summed E-state index contributed by atoms with van der Waals surface area (Å²) in [5, 5.41) is 0. The van der Waals surface area contributed by atoms with Crippen molar-refractivity contribution in [2.75, 3.05) is 5.73 Å². The number of hydrogen-bond acceptors (Lipinski definition) is 4. The molecular formula is C11H12BrN3O. The second-order valence-corrected chi connectivity index (χ2v) is 4.25. The fraction of sp³-hybridized carbons (Fsp3) is 0.273. The predicted octanol–water partition coefficient (Wildman–Crippen LogP) is 3.03. The van der Waals surface area contributed by atoms with Crippen LogP contribution in [0.5, 0.6) is 0 Å². The van der Waals surface area contributed by atoms with Crippen LogP contribution < -0.4 is 5.73 Å². The number of furan rings is 1. The van der Waals surface area contributed by atoms with Gasteiger partial charge in [0, 0.05) is 0 Å². The van der Waals surface area contributed by atoms with Crippen LogP contribution >= 0.6 is 15.9 Å². The van der Waals surface area contributed by atoms with E-state index in [-0.39, 0.29) is 0 Å². The molecule has 2 aromatic rings. The smallest absolute Gasteiger partial charge is 0.165 e. The zero-order chi connectivity index (χ0) is 11.5. The Balaban J connectivity index is 2.48. The van der Waals surface area contributed by atoms with Crippen molar-refractivity contribution < 1.29 is 4.42 Å². The van der Waals surface area contributed by atoms with Gasteiger partial charge in [0.25, 0.3) is 0 Å². The van der Waals surface area contributed by atoms with Crippen LogP contribution in [0.1, 0.15) is 19.0 Å². The zero-order valence-corrected chi connectivity index (χ0v) is 10.5. The maximum Gasteiger partial charge on any atom is 0.165 e. The molecular weight excluding hydrogens is 270 g/mol. The first kappa shape index (κ1) is 11.1. The Morgan fingerprint density at radius 1 is 1.44 bits per heavy atom. The first-order valence-electron chi connectivity index (χ1n) is 5.06. The van der Waals surface area contributed by atoms with E-state index in [0.29, 0.717) is 11.6 Å². The van der Waals surface area contributed by atoms with Gasteiger partial charge < -0.3 is 10.2 Å². The summed E-state index contributed by atoms with van der Waals surface area (Å²) in [6.45, 7) is 2.10. The lowest BCUT2D eigenvalue weighted by molar-refractivity contribution is 0.568. The van der Waals surface area contributed by atoms with Crippen LogP contribution in [0.25, 0.3) is 11.4 Å². The summed E-state index contributed by atoms with van der Waals surface area (Å²) in [4.78, 5) is 8.69. The van der Waals surface area contributed by atoms with Crippen molar-refractivity contribution in [3.05, 3.63) is 28.8 Å². The van der Waals surface area contributed by atoms with E-state index in [4.69, 9.17) is 10.2 Å². The van der Waals surface area contributed by atoms with E-state index >= 15 is 0 Å². The van der Waals surface area contributed by atoms with Gasteiger partial charge in [-0.1, -0.05) is 13.3 Å². The van der Waals surface area contributed by atoms with Crippen LogP contribution in [0, 0.1) is 0 Å². The van der Waals surface area contributed by atoms with Gasteiger partial charge in [-0.2, -0.15) is 0 Å². The van der Waals surface area contributed by atoms with Gasteiger partial charge >= 0.3 is 0 Å². The third-order valence-electron chi connectivity index (χ3n) is 2.21. The number of nitrogens with two attached hydrogens (primary N) is 1. The second kappa shape index (κ2) is 4.65. The molecule has 0 aromatic carbocycles. The minimum Gasteiger partial charge on any atom is -0.472 e. The number of anilines is 1. The summed E-state index contributed by atoms with van der Waals surface area (Å²) in [5.74, 6) is 1.08. The van der Waals surface area contributed by atoms with E-state index in [0.717, 1.165) is 28.6 Å². The van der Waals surface area contributed by atoms with Crippen molar-refractivity contribution in [2.45, 2.75) is 19.8 Å². The van der Waals surface area contributed by atoms with Crippen molar-refractivity contribution in [3.8, 4) is 11.4 Å². The van der Waals surface area contributed by atoms with E-state index in [1.165, 1.54) is 0 Å². The quantitative estimate of drug-likeness (QED) is 0.939. The number of aryl methyl sites for hydroxylation is 1. The van der Waals surface area contributed by atoms with Crippen LogP contribution in [0.3, 0.4) is 0 Å². The first-order chi connectivity index (χ1) is 7.72. The number of aromatic nitrogens is 2. The lowest BCUT2D eigenvalue weighted by Gasteiger charge is -2.06. The monoisotopic (exact) mass is 281 g/mol. The molecule has 2 rings (SSSR count). The highest BCUT2D eigenvalue weighted by atomic mass is 79.9. The SMILES string of the molecule is CCCc1nc(-c2ccoc2)nc(N)c1Br. The average Bonchev–Trinajstić information content (AvgIpc) is 2.78. The van der Waals surface area contributed by atoms with Gasteiger partial charge in [-0.15, -0.1) is 0 Å². The molecule has 0 spiro atoms. The normalized spacial score (nSPS) is 10.6. The lowest BCUT2D eigenvalue weighted by Crippen LogP contribution is -2.02. The predicted molar refractivity (Wildman–Crippen MR) is 65.8 cm³/mol. The number of halogens is 1. The summed E-state index contributed by atoms with van der Waals surface area (Å²) < 4.78 is 5.80. The van der Waals surface area contributed by atoms with Gasteiger partial charge in [-0.3, -0.25) is 0 Å². The fourth-order valence-electron chi connectivity index (χ4n) is 1.44. The molecule has 5 heteroatoms. The largest absolute Gasteiger partial charge is 0.472 e. The van der Waals surface area contributed by atoms with Crippen LogP contribution in [-0.2, 0) is 6.42 Å². The van der Waals surface area contributed by atoms with Crippen LogP contribution in [-0.4, -0.2) is 9.97 Å². The number of rotatable bonds is 3. The number of nitrogens with zero attached hydrogens (tertiary/aromatic N) is 2. The highest BCUT2D eigenvalue weighted by Crippen LogP contribution is 2.26. The van der Waals surface area contributed by atoms with E-state index in [1.54, 1.807) is 12.5 Å². The van der Waals surface area contributed by atoms with Crippen molar-refractivity contribution >= 4 is 21.7 Å². The molecule has 4 nitrogen and oxygen atoms in total. The standard InChI is InChI=1S/C11H12BrN3O/c1-2-3-8-9(12)10(13)15-11(14-8)7-4-5-16-6-7/h4-6H,2-3H2,1H3,(H2,13,14,15). The summed E-state index contributed by atoms with van der Waals surface area (Å²) in [6, 6.07) is 1.82. The maximum atomic E-state index is 5.83. The van der Waals surface area contributed by atoms with E-state index in [9.17, 15) is 0 Å². The Morgan fingerprint density at radius 3 is 2.88 bits per heavy atom. The topological polar surface area (TPSA) is 64.9 Å². The van der Waals surface area contributed by atoms with Crippen LogP contribution in [0.2, 0.25) is 0 Å². The Labute approximate surface area is 102 Å². The fourth-order valence-corrected chi connectivity index (χ4v) is 1.81. The molecule has 0 fully saturated rings. The van der Waals surface area contributed by atoms with Crippen LogP contribution in [0.15, 0.2) is 27.5 Å². The van der Waals surface area contributed by atoms with Crippen molar-refractivity contribution in [2.24, 2.45) is 0 Å². The first-order valence-corrected chi connectivity index (χ1v) is 5.86. The second-order valence-electron chi connectivity index (χ2n) is 3.46. The van der Waals surface area contributed by atoms with Crippen molar-refractivity contribution in [3.63, 3.8) is 0 Å². The van der Waals surface area contributed by atoms with Crippen molar-refractivity contribution in [1.82, 2.24) is 9.97 Å². The minimum absolute atomic E-state index is 0.467. The molecule has 0 radical (unpaired) electrons. The summed E-state index contributed by atoms with van der Waals surface area (Å²) >= 11 is 3.41. The van der Waals surface area contributed by atoms with E-state index in [1.807, 2.05) is 6.07 Å². The Morgan fingerprint density at radius 2 is 2.25 bits per heavy atom. The Hall–Kier alpha value is -1.36. The van der Waals surface area contributed by atoms with Gasteiger partial charge in [0.05, 0.1) is 22.0 Å². The third kappa shape index (κ3) is 2.09. The molecule has 16 heavy (non-hydrogen) atoms. The molecule has 84 valence electrons. The average molecular weight is 282 g/mol. The molecule has 2 N–H and O–H groups in total. The van der Waals surface area contributed by atoms with Crippen molar-refractivity contribution in [1.29, 1.82) is 0 Å². The van der Waals surface area contributed by atoms with E-state index in [2.05, 4.69) is 32.8 Å². The molecule has 0 bridgehead atoms. The van der Waals surface area contributed by atoms with Crippen LogP contribution in [0.4, 0.5) is 5.82 Å². The molecule has 0 atom stereocenters. The molecule has 0 amide bonds. The van der Waals surface area contributed by atoms with Gasteiger partial charge in [0.1, 0.15) is 12.1 Å². The molecule has 0 unspecified atom stereocenters. The van der Waals surface area contributed by atoms with E-state index < -0.39 is 0 Å². The lowest BCUT2D eigenvalue weighted by atomic mass is 10.2. The molecule has 0 aliphatic heterocycles. The summed E-state index contributed by atoms with van der Waals surface area (Å²) in [5.41, 5.74) is 7.61. The number of nitrogen functional groups attached to an aromatic ring is 1. The summed E-state index contributed by atoms with van der Waals surface area (Å²) in [6.07, 6.45) is 5.09. The maximum absolute atomic E-state index is 5.83. The van der Waals surface area contributed by atoms with Gasteiger partial charge in [0.15, 0.2) is 5.82 Å². The Kier molecular flexibility index (Phi) is 3.24. The molecule has 2 heterocycles. The van der Waals surface area contributed by atoms with Gasteiger partial charge in [-0.25, -0.2) is 9.97 Å². The molecule has 0 aliphatic rings. The number of hydrogen-bond donors (Lipinski definition) is 1. The Bertz CT molecular complexity index is 482. The molecule has 2 aromatic heterocycles. The van der Waals surface area contributed by atoms with Gasteiger partial charge in [0.2, 0.25) is 0 Å². The molecule has 0 saturated carbocycles. The highest BCUT2D eigenvalue weighted by molar-refractivity contribution is 9.10. The minimum atomic E-state index is 0.467. The molecule has 0 aliphatic carbocycles. The third-order valence-corrected chi connectivity index (χ3v) is 3.08. The highest BCUT2D eigenvalue weighted by Gasteiger charge is 2.11. The zero-order valence-electron chi connectivity index (χ0n) is 8.90. The summed E-state index contributed by atoms with van der Waals surface area (Å²) in [7, 11) is 0. The van der Waals surface area contributed by atoms with Gasteiger partial charge in [-0.05, 0) is 28.4 Å². The molecule has 0 saturated heterocycles.